The third-order valence-corrected chi connectivity index (χ3v) is 3.99. The van der Waals surface area contributed by atoms with Gasteiger partial charge in [0.05, 0.1) is 11.5 Å². The van der Waals surface area contributed by atoms with Crippen molar-refractivity contribution in [2.45, 2.75) is 25.5 Å². The Labute approximate surface area is 117 Å². The Morgan fingerprint density at radius 3 is 2.68 bits per heavy atom. The fraction of sp³-hybridized carbons (Fsp3) is 0.538. The van der Waals surface area contributed by atoms with E-state index >= 15 is 0 Å². The normalized spacial score (nSPS) is 11.2. The van der Waals surface area contributed by atoms with E-state index in [0.717, 1.165) is 0 Å². The first-order chi connectivity index (χ1) is 8.91. The zero-order valence-electron chi connectivity index (χ0n) is 11.7. The summed E-state index contributed by atoms with van der Waals surface area (Å²) in [4.78, 5) is 10.8. The first-order valence-corrected chi connectivity index (χ1v) is 7.33. The Kier molecular flexibility index (Phi) is 5.47. The van der Waals surface area contributed by atoms with Crippen molar-refractivity contribution in [3.05, 3.63) is 28.3 Å². The standard InChI is InChI=1S/C13H20N2O3S/c1-5-18-11-8-6-7-10(12(11)15(16)17)14-9-13(2,3)19-4/h6-8,14H,5,9H2,1-4H3. The summed E-state index contributed by atoms with van der Waals surface area (Å²) in [7, 11) is 0. The Hall–Kier alpha value is -1.43. The van der Waals surface area contributed by atoms with Crippen LogP contribution in [0, 0.1) is 10.1 Å². The van der Waals surface area contributed by atoms with Crippen LogP contribution in [0.3, 0.4) is 0 Å². The van der Waals surface area contributed by atoms with Crippen molar-refractivity contribution in [2.24, 2.45) is 0 Å². The van der Waals surface area contributed by atoms with E-state index in [0.29, 0.717) is 24.6 Å². The Morgan fingerprint density at radius 1 is 1.47 bits per heavy atom. The lowest BCUT2D eigenvalue weighted by Gasteiger charge is -2.23. The van der Waals surface area contributed by atoms with E-state index in [1.165, 1.54) is 0 Å². The zero-order valence-corrected chi connectivity index (χ0v) is 12.5. The molecular weight excluding hydrogens is 264 g/mol. The predicted octanol–water partition coefficient (Wildman–Crippen LogP) is 3.55. The predicted molar refractivity (Wildman–Crippen MR) is 80.3 cm³/mol. The van der Waals surface area contributed by atoms with Crippen LogP contribution < -0.4 is 10.1 Å². The molecule has 0 atom stereocenters. The summed E-state index contributed by atoms with van der Waals surface area (Å²) in [5.41, 5.74) is 0.499. The SMILES string of the molecule is CCOc1cccc(NCC(C)(C)SC)c1[N+](=O)[O-]. The van der Waals surface area contributed by atoms with Crippen LogP contribution in [0.4, 0.5) is 11.4 Å². The van der Waals surface area contributed by atoms with Crippen LogP contribution in [0.1, 0.15) is 20.8 Å². The van der Waals surface area contributed by atoms with Crippen molar-refractivity contribution in [1.29, 1.82) is 0 Å². The lowest BCUT2D eigenvalue weighted by molar-refractivity contribution is -0.384. The topological polar surface area (TPSA) is 64.4 Å². The summed E-state index contributed by atoms with van der Waals surface area (Å²) in [5, 5.41) is 14.3. The molecule has 6 heteroatoms. The quantitative estimate of drug-likeness (QED) is 0.612. The number of thioether (sulfide) groups is 1. The number of nitrogens with zero attached hydrogens (tertiary/aromatic N) is 1. The van der Waals surface area contributed by atoms with E-state index in [9.17, 15) is 10.1 Å². The number of hydrogen-bond acceptors (Lipinski definition) is 5. The molecule has 0 saturated heterocycles. The van der Waals surface area contributed by atoms with Crippen molar-refractivity contribution < 1.29 is 9.66 Å². The molecule has 0 unspecified atom stereocenters. The fourth-order valence-corrected chi connectivity index (χ4v) is 1.72. The number of nitrogens with one attached hydrogen (secondary N) is 1. The Balaban J connectivity index is 3.00. The third-order valence-electron chi connectivity index (χ3n) is 2.74. The van der Waals surface area contributed by atoms with Crippen LogP contribution in [0.2, 0.25) is 0 Å². The van der Waals surface area contributed by atoms with E-state index in [1.807, 2.05) is 6.26 Å². The molecule has 19 heavy (non-hydrogen) atoms. The van der Waals surface area contributed by atoms with Crippen LogP contribution in [-0.2, 0) is 0 Å². The summed E-state index contributed by atoms with van der Waals surface area (Å²) >= 11 is 1.71. The van der Waals surface area contributed by atoms with E-state index in [2.05, 4.69) is 19.2 Å². The van der Waals surface area contributed by atoms with Crippen LogP contribution in [0.5, 0.6) is 5.75 Å². The smallest absolute Gasteiger partial charge is 0.333 e. The van der Waals surface area contributed by atoms with Gasteiger partial charge < -0.3 is 10.1 Å². The molecular formula is C13H20N2O3S. The highest BCUT2D eigenvalue weighted by atomic mass is 32.2. The van der Waals surface area contributed by atoms with Crippen molar-refractivity contribution >= 4 is 23.1 Å². The Bertz CT molecular complexity index is 450. The average Bonchev–Trinajstić information content (AvgIpc) is 2.36. The minimum atomic E-state index is -0.403. The maximum atomic E-state index is 11.2. The van der Waals surface area contributed by atoms with Gasteiger partial charge in [-0.2, -0.15) is 11.8 Å². The highest BCUT2D eigenvalue weighted by molar-refractivity contribution is 7.99. The number of nitro groups is 1. The van der Waals surface area contributed by atoms with Gasteiger partial charge in [-0.15, -0.1) is 0 Å². The monoisotopic (exact) mass is 284 g/mol. The molecule has 0 aliphatic heterocycles. The molecule has 0 spiro atoms. The number of ether oxygens (including phenoxy) is 1. The summed E-state index contributed by atoms with van der Waals surface area (Å²) in [6.45, 7) is 7.03. The van der Waals surface area contributed by atoms with Gasteiger partial charge in [0.15, 0.2) is 5.75 Å². The van der Waals surface area contributed by atoms with Gasteiger partial charge in [0, 0.05) is 11.3 Å². The minimum absolute atomic E-state index is 0.00116. The molecule has 1 aromatic carbocycles. The molecule has 0 heterocycles. The number of rotatable bonds is 7. The van der Waals surface area contributed by atoms with Gasteiger partial charge in [0.25, 0.3) is 0 Å². The third kappa shape index (κ3) is 4.31. The molecule has 0 aromatic heterocycles. The van der Waals surface area contributed by atoms with Gasteiger partial charge in [0.2, 0.25) is 0 Å². The van der Waals surface area contributed by atoms with Crippen molar-refractivity contribution in [2.75, 3.05) is 24.7 Å². The van der Waals surface area contributed by atoms with Crippen molar-refractivity contribution in [3.63, 3.8) is 0 Å². The van der Waals surface area contributed by atoms with Crippen molar-refractivity contribution in [3.8, 4) is 5.75 Å². The number of anilines is 1. The lowest BCUT2D eigenvalue weighted by atomic mass is 10.2. The molecule has 106 valence electrons. The number of nitro benzene ring substituents is 1. The van der Waals surface area contributed by atoms with Crippen LogP contribution in [-0.4, -0.2) is 29.1 Å². The Morgan fingerprint density at radius 2 is 2.16 bits per heavy atom. The molecule has 1 aromatic rings. The van der Waals surface area contributed by atoms with Crippen molar-refractivity contribution in [1.82, 2.24) is 0 Å². The van der Waals surface area contributed by atoms with Crippen LogP contribution in [0.15, 0.2) is 18.2 Å². The highest BCUT2D eigenvalue weighted by Crippen LogP contribution is 2.35. The minimum Gasteiger partial charge on any atom is -0.487 e. The molecule has 5 nitrogen and oxygen atoms in total. The van der Waals surface area contributed by atoms with Gasteiger partial charge in [0.1, 0.15) is 5.69 Å². The van der Waals surface area contributed by atoms with E-state index in [1.54, 1.807) is 36.9 Å². The lowest BCUT2D eigenvalue weighted by Crippen LogP contribution is -2.26. The molecule has 0 bridgehead atoms. The van der Waals surface area contributed by atoms with E-state index in [-0.39, 0.29) is 10.4 Å². The molecule has 0 saturated carbocycles. The maximum absolute atomic E-state index is 11.2. The molecule has 0 aliphatic rings. The molecule has 0 radical (unpaired) electrons. The number of benzene rings is 1. The molecule has 0 amide bonds. The van der Waals surface area contributed by atoms with E-state index in [4.69, 9.17) is 4.74 Å². The second-order valence-corrected chi connectivity index (χ2v) is 6.17. The van der Waals surface area contributed by atoms with Gasteiger partial charge in [-0.1, -0.05) is 6.07 Å². The number of para-hydroxylation sites is 1. The van der Waals surface area contributed by atoms with Gasteiger partial charge in [-0.25, -0.2) is 0 Å². The summed E-state index contributed by atoms with van der Waals surface area (Å²) < 4.78 is 5.32. The average molecular weight is 284 g/mol. The van der Waals surface area contributed by atoms with Gasteiger partial charge in [-0.3, -0.25) is 10.1 Å². The number of hydrogen-bond donors (Lipinski definition) is 1. The fourth-order valence-electron chi connectivity index (χ4n) is 1.51. The van der Waals surface area contributed by atoms with Gasteiger partial charge >= 0.3 is 5.69 Å². The first-order valence-electron chi connectivity index (χ1n) is 6.10. The zero-order chi connectivity index (χ0) is 14.5. The molecule has 0 fully saturated rings. The van der Waals surface area contributed by atoms with Crippen LogP contribution in [0.25, 0.3) is 0 Å². The maximum Gasteiger partial charge on any atom is 0.333 e. The first kappa shape index (κ1) is 15.6. The highest BCUT2D eigenvalue weighted by Gasteiger charge is 2.23. The molecule has 1 rings (SSSR count). The molecule has 0 aliphatic carbocycles. The summed E-state index contributed by atoms with van der Waals surface area (Å²) in [6.07, 6.45) is 2.02. The largest absolute Gasteiger partial charge is 0.487 e. The molecule has 1 N–H and O–H groups in total. The second kappa shape index (κ2) is 6.65. The van der Waals surface area contributed by atoms with E-state index < -0.39 is 4.92 Å². The van der Waals surface area contributed by atoms with Crippen LogP contribution >= 0.6 is 11.8 Å². The summed E-state index contributed by atoms with van der Waals surface area (Å²) in [6, 6.07) is 5.08. The second-order valence-electron chi connectivity index (χ2n) is 4.66. The summed E-state index contributed by atoms with van der Waals surface area (Å²) in [5.74, 6) is 0.305. The van der Waals surface area contributed by atoms with Gasteiger partial charge in [-0.05, 0) is 39.2 Å².